The van der Waals surface area contributed by atoms with Crippen molar-refractivity contribution in [3.63, 3.8) is 0 Å². The molecule has 2 saturated heterocycles. The minimum absolute atomic E-state index is 0.0461. The maximum absolute atomic E-state index is 12.2. The molecule has 0 aliphatic carbocycles. The van der Waals surface area contributed by atoms with E-state index in [4.69, 9.17) is 10.3 Å². The Kier molecular flexibility index (Phi) is 4.05. The number of carboxylic acid groups (broad SMARTS) is 1. The largest absolute Gasteiger partial charge is 0.477 e. The van der Waals surface area contributed by atoms with Gasteiger partial charge in [-0.05, 0) is 25.5 Å². The van der Waals surface area contributed by atoms with Gasteiger partial charge in [0.15, 0.2) is 5.82 Å². The van der Waals surface area contributed by atoms with Gasteiger partial charge >= 0.3 is 5.97 Å². The fourth-order valence-corrected chi connectivity index (χ4v) is 5.00. The zero-order valence-corrected chi connectivity index (χ0v) is 14.5. The summed E-state index contributed by atoms with van der Waals surface area (Å²) in [5.74, 6) is 0.921. The van der Waals surface area contributed by atoms with Crippen LogP contribution in [0.1, 0.15) is 24.2 Å². The van der Waals surface area contributed by atoms with Crippen LogP contribution in [0.25, 0.3) is 0 Å². The van der Waals surface area contributed by atoms with Crippen LogP contribution in [0.2, 0.25) is 0 Å². The lowest BCUT2D eigenvalue weighted by Gasteiger charge is -2.48. The predicted molar refractivity (Wildman–Crippen MR) is 88.5 cm³/mol. The number of hydrogen-bond acceptors (Lipinski definition) is 8. The number of amides is 1. The third-order valence-corrected chi connectivity index (χ3v) is 6.10. The van der Waals surface area contributed by atoms with Crippen LogP contribution in [-0.2, 0) is 9.59 Å². The highest BCUT2D eigenvalue weighted by atomic mass is 32.2. The first-order chi connectivity index (χ1) is 12.0. The van der Waals surface area contributed by atoms with Crippen molar-refractivity contribution in [3.05, 3.63) is 23.0 Å². The van der Waals surface area contributed by atoms with Gasteiger partial charge in [0, 0.05) is 17.4 Å². The topological polar surface area (TPSA) is 135 Å². The number of nitrogens with two attached hydrogens (primary N) is 1. The number of hydrogen-bond donors (Lipinski definition) is 3. The second kappa shape index (κ2) is 6.11. The Morgan fingerprint density at radius 3 is 3.08 bits per heavy atom. The van der Waals surface area contributed by atoms with Crippen molar-refractivity contribution in [1.29, 1.82) is 0 Å². The first kappa shape index (κ1) is 16.6. The number of piperidine rings is 1. The summed E-state index contributed by atoms with van der Waals surface area (Å²) < 4.78 is 5.06. The number of nitrogens with zero attached hydrogens (tertiary/aromatic N) is 3. The Morgan fingerprint density at radius 2 is 2.40 bits per heavy atom. The van der Waals surface area contributed by atoms with Crippen molar-refractivity contribution in [1.82, 2.24) is 20.4 Å². The summed E-state index contributed by atoms with van der Waals surface area (Å²) in [5, 5.41) is 16.5. The number of nitrogens with one attached hydrogen (secondary N) is 1. The van der Waals surface area contributed by atoms with Crippen LogP contribution in [0.4, 0.5) is 0 Å². The Bertz CT molecular complexity index is 763. The predicted octanol–water partition coefficient (Wildman–Crippen LogP) is -0.348. The third kappa shape index (κ3) is 2.55. The van der Waals surface area contributed by atoms with Crippen LogP contribution in [0.3, 0.4) is 0 Å². The molecule has 0 aromatic carbocycles. The molecule has 0 saturated carbocycles. The molecule has 9 nitrogen and oxygen atoms in total. The molecule has 0 spiro atoms. The second-order valence-electron chi connectivity index (χ2n) is 6.51. The minimum atomic E-state index is -1.03. The average molecular weight is 365 g/mol. The molecule has 4 rings (SSSR count). The number of β-lactam (4-membered cyclic amide) rings is 1. The molecule has 25 heavy (non-hydrogen) atoms. The van der Waals surface area contributed by atoms with E-state index in [2.05, 4.69) is 15.5 Å². The highest BCUT2D eigenvalue weighted by Crippen LogP contribution is 2.47. The van der Waals surface area contributed by atoms with Crippen LogP contribution >= 0.6 is 11.8 Å². The number of aliphatic carboxylic acids is 1. The van der Waals surface area contributed by atoms with Gasteiger partial charge in [0.05, 0.1) is 12.1 Å². The molecule has 4 N–H and O–H groups in total. The van der Waals surface area contributed by atoms with E-state index in [0.717, 1.165) is 18.5 Å². The van der Waals surface area contributed by atoms with Crippen molar-refractivity contribution in [2.24, 2.45) is 11.7 Å². The Morgan fingerprint density at radius 1 is 1.60 bits per heavy atom. The third-order valence-electron chi connectivity index (χ3n) is 4.99. The van der Waals surface area contributed by atoms with Gasteiger partial charge in [0.1, 0.15) is 11.7 Å². The fraction of sp³-hybridized carbons (Fsp3) is 0.600. The zero-order valence-electron chi connectivity index (χ0n) is 13.6. The van der Waals surface area contributed by atoms with Crippen molar-refractivity contribution in [2.45, 2.75) is 31.5 Å². The van der Waals surface area contributed by atoms with Crippen molar-refractivity contribution < 1.29 is 19.2 Å². The average Bonchev–Trinajstić information content (AvgIpc) is 3.15. The van der Waals surface area contributed by atoms with E-state index < -0.39 is 12.0 Å². The quantitative estimate of drug-likeness (QED) is 0.578. The number of carbonyl (C=O) groups excluding carboxylic acids is 1. The Hall–Kier alpha value is -1.91. The van der Waals surface area contributed by atoms with Crippen molar-refractivity contribution in [3.8, 4) is 0 Å². The van der Waals surface area contributed by atoms with E-state index in [1.165, 1.54) is 16.7 Å². The molecular weight excluding hydrogens is 346 g/mol. The maximum Gasteiger partial charge on any atom is 0.352 e. The van der Waals surface area contributed by atoms with Gasteiger partial charge in [-0.15, -0.1) is 0 Å². The summed E-state index contributed by atoms with van der Waals surface area (Å²) in [7, 11) is 0. The first-order valence-corrected chi connectivity index (χ1v) is 9.31. The smallest absolute Gasteiger partial charge is 0.352 e. The fourth-order valence-electron chi connectivity index (χ4n) is 3.91. The molecule has 1 amide bonds. The van der Waals surface area contributed by atoms with Crippen LogP contribution in [0.15, 0.2) is 15.8 Å². The molecule has 4 atom stereocenters. The number of aryl methyl sites for hydroxylation is 1. The Balaban J connectivity index is 1.47. The standard InChI is InChI=1S/C15H19N5O4S/c1-6-18-13(24-19-6)9(16)5-25-4-8-7-2-3-17-10-11(7)20(14(10)21)12(8)15(22)23/h7,9-11,17H,2-5,16H2,1H3,(H,22,23)/t7?,9-,10-,11+/m0/s1. The summed E-state index contributed by atoms with van der Waals surface area (Å²) >= 11 is 1.53. The monoisotopic (exact) mass is 365 g/mol. The lowest BCUT2D eigenvalue weighted by molar-refractivity contribution is -0.154. The minimum Gasteiger partial charge on any atom is -0.477 e. The van der Waals surface area contributed by atoms with Gasteiger partial charge in [-0.3, -0.25) is 9.69 Å². The van der Waals surface area contributed by atoms with E-state index in [0.29, 0.717) is 23.2 Å². The van der Waals surface area contributed by atoms with E-state index in [1.54, 1.807) is 6.92 Å². The molecule has 1 aromatic heterocycles. The molecule has 3 aliphatic rings. The van der Waals surface area contributed by atoms with Gasteiger partial charge in [-0.2, -0.15) is 16.7 Å². The molecule has 10 heteroatoms. The van der Waals surface area contributed by atoms with E-state index in [-0.39, 0.29) is 29.6 Å². The van der Waals surface area contributed by atoms with Gasteiger partial charge < -0.3 is 20.7 Å². The number of thioether (sulfide) groups is 1. The molecule has 2 fully saturated rings. The highest BCUT2D eigenvalue weighted by molar-refractivity contribution is 7.99. The van der Waals surface area contributed by atoms with Crippen LogP contribution in [0, 0.1) is 12.8 Å². The normalized spacial score (nSPS) is 28.8. The zero-order chi connectivity index (χ0) is 17.7. The number of aromatic nitrogens is 2. The van der Waals surface area contributed by atoms with Gasteiger partial charge in [0.25, 0.3) is 0 Å². The summed E-state index contributed by atoms with van der Waals surface area (Å²) in [4.78, 5) is 29.5. The van der Waals surface area contributed by atoms with Gasteiger partial charge in [-0.1, -0.05) is 5.16 Å². The number of carbonyl (C=O) groups is 2. The molecule has 1 aromatic rings. The number of carboxylic acids is 1. The molecular formula is C15H19N5O4S. The SMILES string of the molecule is Cc1noc([C@@H](N)CSCC2=C(C(=O)O)N3C(=O)[C@H]4NCCC2[C@H]43)n1. The van der Waals surface area contributed by atoms with Crippen molar-refractivity contribution in [2.75, 3.05) is 18.1 Å². The van der Waals surface area contributed by atoms with Crippen LogP contribution in [0.5, 0.6) is 0 Å². The van der Waals surface area contributed by atoms with Crippen LogP contribution in [-0.4, -0.2) is 62.2 Å². The van der Waals surface area contributed by atoms with Gasteiger partial charge in [0.2, 0.25) is 11.8 Å². The lowest BCUT2D eigenvalue weighted by Crippen LogP contribution is -2.71. The first-order valence-electron chi connectivity index (χ1n) is 8.15. The van der Waals surface area contributed by atoms with Crippen LogP contribution < -0.4 is 11.1 Å². The number of rotatable bonds is 6. The highest BCUT2D eigenvalue weighted by Gasteiger charge is 2.60. The van der Waals surface area contributed by atoms with E-state index in [1.807, 2.05) is 0 Å². The molecule has 134 valence electrons. The molecule has 3 aliphatic heterocycles. The molecule has 4 heterocycles. The summed E-state index contributed by atoms with van der Waals surface area (Å²) in [6.45, 7) is 2.46. The van der Waals surface area contributed by atoms with Gasteiger partial charge in [-0.25, -0.2) is 4.79 Å². The summed E-state index contributed by atoms with van der Waals surface area (Å²) in [6, 6.07) is -0.685. The van der Waals surface area contributed by atoms with E-state index in [9.17, 15) is 14.7 Å². The maximum atomic E-state index is 12.2. The summed E-state index contributed by atoms with van der Waals surface area (Å²) in [6.07, 6.45) is 0.840. The summed E-state index contributed by atoms with van der Waals surface area (Å²) in [5.41, 5.74) is 7.06. The lowest BCUT2D eigenvalue weighted by atomic mass is 9.80. The Labute approximate surface area is 148 Å². The molecule has 0 radical (unpaired) electrons. The second-order valence-corrected chi connectivity index (χ2v) is 7.54. The molecule has 0 bridgehead atoms. The van der Waals surface area contributed by atoms with E-state index >= 15 is 0 Å². The molecule has 1 unspecified atom stereocenters. The van der Waals surface area contributed by atoms with Crippen molar-refractivity contribution >= 4 is 23.6 Å².